The van der Waals surface area contributed by atoms with E-state index in [0.29, 0.717) is 0 Å². The van der Waals surface area contributed by atoms with Crippen molar-refractivity contribution in [2.75, 3.05) is 0 Å². The molecule has 144 valence electrons. The van der Waals surface area contributed by atoms with Crippen LogP contribution >= 0.6 is 0 Å². The molecule has 0 aliphatic rings. The normalized spacial score (nSPS) is 10.2. The highest BCUT2D eigenvalue weighted by molar-refractivity contribution is 5.11. The van der Waals surface area contributed by atoms with Gasteiger partial charge in [-0.1, -0.05) is 132 Å². The molecule has 0 fully saturated rings. The smallest absolute Gasteiger partial charge is 0.0353 e. The van der Waals surface area contributed by atoms with Crippen LogP contribution in [0.3, 0.4) is 0 Å². The van der Waals surface area contributed by atoms with Gasteiger partial charge in [0.15, 0.2) is 0 Å². The van der Waals surface area contributed by atoms with Crippen molar-refractivity contribution in [2.45, 2.75) is 110 Å². The van der Waals surface area contributed by atoms with Crippen molar-refractivity contribution in [1.82, 2.24) is 0 Å². The van der Waals surface area contributed by atoms with Gasteiger partial charge in [0.2, 0.25) is 0 Å². The van der Waals surface area contributed by atoms with Gasteiger partial charge in [-0.3, -0.25) is 0 Å². The second kappa shape index (κ2) is 21.0. The van der Waals surface area contributed by atoms with Crippen molar-refractivity contribution >= 4 is 0 Å². The number of benzene rings is 1. The van der Waals surface area contributed by atoms with Crippen LogP contribution in [0.4, 0.5) is 0 Å². The molecule has 0 nitrogen and oxygen atoms in total. The summed E-state index contributed by atoms with van der Waals surface area (Å²) in [5, 5.41) is 0. The van der Waals surface area contributed by atoms with E-state index in [1.165, 1.54) is 102 Å². The van der Waals surface area contributed by atoms with Gasteiger partial charge in [0.1, 0.15) is 0 Å². The molecule has 1 rings (SSSR count). The Morgan fingerprint density at radius 3 is 1.36 bits per heavy atom. The fourth-order valence-electron chi connectivity index (χ4n) is 3.02. The summed E-state index contributed by atoms with van der Waals surface area (Å²) in [6.45, 7) is 8.13. The van der Waals surface area contributed by atoms with Crippen LogP contribution in [0.2, 0.25) is 0 Å². The SMILES string of the molecule is C=CCCCCCCCCCCCCCCCC.Cc1ccccc1. The molecule has 1 aromatic carbocycles. The van der Waals surface area contributed by atoms with E-state index in [1.807, 2.05) is 24.3 Å². The van der Waals surface area contributed by atoms with Gasteiger partial charge in [0.25, 0.3) is 0 Å². The van der Waals surface area contributed by atoms with Crippen LogP contribution in [0.25, 0.3) is 0 Å². The van der Waals surface area contributed by atoms with E-state index in [-0.39, 0.29) is 0 Å². The second-order valence-electron chi connectivity index (χ2n) is 7.33. The molecule has 1 aromatic rings. The van der Waals surface area contributed by atoms with Crippen molar-refractivity contribution < 1.29 is 0 Å². The topological polar surface area (TPSA) is 0 Å². The molecule has 0 N–H and O–H groups in total. The first-order valence-electron chi connectivity index (χ1n) is 10.9. The zero-order valence-electron chi connectivity index (χ0n) is 17.3. The molecular weight excluding hydrogens is 300 g/mol. The number of aryl methyl sites for hydroxylation is 1. The summed E-state index contributed by atoms with van der Waals surface area (Å²) in [5.74, 6) is 0. The Balaban J connectivity index is 0.000000676. The Morgan fingerprint density at radius 1 is 0.640 bits per heavy atom. The van der Waals surface area contributed by atoms with E-state index in [4.69, 9.17) is 0 Å². The molecule has 0 heterocycles. The van der Waals surface area contributed by atoms with E-state index >= 15 is 0 Å². The van der Waals surface area contributed by atoms with Crippen LogP contribution in [0, 0.1) is 6.92 Å². The molecular formula is C25H44. The maximum atomic E-state index is 3.76. The van der Waals surface area contributed by atoms with E-state index in [2.05, 4.69) is 32.6 Å². The van der Waals surface area contributed by atoms with Crippen molar-refractivity contribution in [3.8, 4) is 0 Å². The molecule has 0 radical (unpaired) electrons. The Bertz CT molecular complexity index is 352. The summed E-state index contributed by atoms with van der Waals surface area (Å²) in [5.41, 5.74) is 1.32. The van der Waals surface area contributed by atoms with Gasteiger partial charge < -0.3 is 0 Å². The maximum absolute atomic E-state index is 3.76. The van der Waals surface area contributed by atoms with Gasteiger partial charge in [0, 0.05) is 0 Å². The molecule has 0 atom stereocenters. The van der Waals surface area contributed by atoms with Gasteiger partial charge in [-0.05, 0) is 19.8 Å². The summed E-state index contributed by atoms with van der Waals surface area (Å²) < 4.78 is 0. The van der Waals surface area contributed by atoms with Gasteiger partial charge >= 0.3 is 0 Å². The van der Waals surface area contributed by atoms with Crippen molar-refractivity contribution in [3.63, 3.8) is 0 Å². The Hall–Kier alpha value is -1.04. The Labute approximate surface area is 159 Å². The van der Waals surface area contributed by atoms with Gasteiger partial charge in [-0.2, -0.15) is 0 Å². The van der Waals surface area contributed by atoms with Crippen LogP contribution in [0.15, 0.2) is 43.0 Å². The van der Waals surface area contributed by atoms with Crippen LogP contribution < -0.4 is 0 Å². The lowest BCUT2D eigenvalue weighted by atomic mass is 10.0. The number of hydrogen-bond donors (Lipinski definition) is 0. The fourth-order valence-corrected chi connectivity index (χ4v) is 3.02. The third-order valence-corrected chi connectivity index (χ3v) is 4.70. The van der Waals surface area contributed by atoms with Crippen LogP contribution in [-0.2, 0) is 0 Å². The fraction of sp³-hybridized carbons (Fsp3) is 0.680. The molecule has 0 amide bonds. The molecule has 0 heteroatoms. The summed E-state index contributed by atoms with van der Waals surface area (Å²) >= 11 is 0. The first-order valence-corrected chi connectivity index (χ1v) is 10.9. The van der Waals surface area contributed by atoms with E-state index in [1.54, 1.807) is 0 Å². The maximum Gasteiger partial charge on any atom is -0.0353 e. The predicted octanol–water partition coefficient (Wildman–Crippen LogP) is 9.04. The lowest BCUT2D eigenvalue weighted by Crippen LogP contribution is -1.83. The molecule has 0 aliphatic heterocycles. The molecule has 0 spiro atoms. The monoisotopic (exact) mass is 344 g/mol. The van der Waals surface area contributed by atoms with Crippen molar-refractivity contribution in [3.05, 3.63) is 48.6 Å². The average Bonchev–Trinajstić information content (AvgIpc) is 2.63. The summed E-state index contributed by atoms with van der Waals surface area (Å²) in [6.07, 6.45) is 23.5. The molecule has 0 aromatic heterocycles. The lowest BCUT2D eigenvalue weighted by molar-refractivity contribution is 0.536. The van der Waals surface area contributed by atoms with Gasteiger partial charge in [0.05, 0.1) is 0 Å². The minimum Gasteiger partial charge on any atom is -0.103 e. The van der Waals surface area contributed by atoms with Crippen LogP contribution in [-0.4, -0.2) is 0 Å². The summed E-state index contributed by atoms with van der Waals surface area (Å²) in [7, 11) is 0. The summed E-state index contributed by atoms with van der Waals surface area (Å²) in [4.78, 5) is 0. The first-order chi connectivity index (χ1) is 12.3. The lowest BCUT2D eigenvalue weighted by Gasteiger charge is -2.02. The number of allylic oxidation sites excluding steroid dienone is 1. The minimum absolute atomic E-state index is 1.21. The zero-order valence-corrected chi connectivity index (χ0v) is 17.3. The molecule has 0 saturated heterocycles. The minimum atomic E-state index is 1.21. The highest BCUT2D eigenvalue weighted by atomic mass is 14.0. The van der Waals surface area contributed by atoms with Gasteiger partial charge in [-0.25, -0.2) is 0 Å². The third kappa shape index (κ3) is 20.9. The average molecular weight is 345 g/mol. The zero-order chi connectivity index (χ0) is 18.4. The van der Waals surface area contributed by atoms with Gasteiger partial charge in [-0.15, -0.1) is 6.58 Å². The predicted molar refractivity (Wildman–Crippen MR) is 116 cm³/mol. The number of hydrogen-bond acceptors (Lipinski definition) is 0. The third-order valence-electron chi connectivity index (χ3n) is 4.70. The Kier molecular flexibility index (Phi) is 20.1. The summed E-state index contributed by atoms with van der Waals surface area (Å²) in [6, 6.07) is 10.3. The quantitative estimate of drug-likeness (QED) is 0.220. The standard InChI is InChI=1S/C18H36.C7H8/c1-3-5-7-9-11-13-15-17-18-16-14-12-10-8-6-4-2;1-7-5-3-2-4-6-7/h3H,1,4-18H2,2H3;2-6H,1H3. The molecule has 0 unspecified atom stereocenters. The van der Waals surface area contributed by atoms with Crippen LogP contribution in [0.5, 0.6) is 0 Å². The van der Waals surface area contributed by atoms with E-state index < -0.39 is 0 Å². The highest BCUT2D eigenvalue weighted by Gasteiger charge is 1.93. The largest absolute Gasteiger partial charge is 0.103 e. The second-order valence-corrected chi connectivity index (χ2v) is 7.33. The Morgan fingerprint density at radius 2 is 1.04 bits per heavy atom. The van der Waals surface area contributed by atoms with E-state index in [9.17, 15) is 0 Å². The molecule has 0 saturated carbocycles. The van der Waals surface area contributed by atoms with E-state index in [0.717, 1.165) is 0 Å². The molecule has 0 bridgehead atoms. The molecule has 0 aliphatic carbocycles. The molecule has 25 heavy (non-hydrogen) atoms. The van der Waals surface area contributed by atoms with Crippen molar-refractivity contribution in [2.24, 2.45) is 0 Å². The number of unbranched alkanes of at least 4 members (excludes halogenated alkanes) is 14. The first kappa shape index (κ1) is 24.0. The highest BCUT2D eigenvalue weighted by Crippen LogP contribution is 2.13. The number of rotatable bonds is 15. The van der Waals surface area contributed by atoms with Crippen LogP contribution in [0.1, 0.15) is 109 Å². The van der Waals surface area contributed by atoms with Crippen molar-refractivity contribution in [1.29, 1.82) is 0 Å².